The van der Waals surface area contributed by atoms with Crippen LogP contribution in [0.25, 0.3) is 100 Å². The maximum absolute atomic E-state index is 5.27. The molecule has 0 aliphatic carbocycles. The molecule has 0 aliphatic rings. The second kappa shape index (κ2) is 13.6. The highest BCUT2D eigenvalue weighted by Crippen LogP contribution is 2.42. The summed E-state index contributed by atoms with van der Waals surface area (Å²) in [6.45, 7) is 4.35. The van der Waals surface area contributed by atoms with E-state index in [0.29, 0.717) is 5.82 Å². The second-order valence-corrected chi connectivity index (χ2v) is 15.2. The number of para-hydroxylation sites is 3. The van der Waals surface area contributed by atoms with Gasteiger partial charge in [0, 0.05) is 49.4 Å². The third-order valence-electron chi connectivity index (χ3n) is 11.5. The van der Waals surface area contributed by atoms with E-state index in [9.17, 15) is 0 Å². The topological polar surface area (TPSA) is 35.6 Å². The Balaban J connectivity index is 1.22. The van der Waals surface area contributed by atoms with Gasteiger partial charge in [0.15, 0.2) is 5.82 Å². The lowest BCUT2D eigenvalue weighted by Gasteiger charge is -2.20. The van der Waals surface area contributed by atoms with E-state index < -0.39 is 0 Å². The van der Waals surface area contributed by atoms with Crippen LogP contribution in [-0.4, -0.2) is 19.1 Å². The lowest BCUT2D eigenvalue weighted by molar-refractivity contribution is 1.15. The van der Waals surface area contributed by atoms with Crippen molar-refractivity contribution in [3.05, 3.63) is 205 Å². The number of hydrogen-bond donors (Lipinski definition) is 0. The molecule has 0 bridgehead atoms. The van der Waals surface area contributed by atoms with Gasteiger partial charge >= 0.3 is 0 Å². The standard InChI is InChI=1S/C54H38N4/c1-35-25-29-51-44(31-35)45-32-36(2)26-30-52(45)58(51)53-33-39(47-34-46(37-15-5-3-6-16-37)55-54(56-47)38-17-7-4-8-18-38)27-28-43(53)42-21-11-14-24-50(42)57-48-22-12-9-19-40(48)41-20-10-13-23-49(41)57/h3-34H,1-2H3. The van der Waals surface area contributed by atoms with Gasteiger partial charge in [0.1, 0.15) is 0 Å². The summed E-state index contributed by atoms with van der Waals surface area (Å²) in [5.74, 6) is 0.696. The maximum atomic E-state index is 5.27. The van der Waals surface area contributed by atoms with Crippen LogP contribution in [0, 0.1) is 13.8 Å². The van der Waals surface area contributed by atoms with E-state index in [1.165, 1.54) is 43.7 Å². The van der Waals surface area contributed by atoms with Crippen LogP contribution in [0.3, 0.4) is 0 Å². The molecular weight excluding hydrogens is 705 g/mol. The number of fused-ring (bicyclic) bond motifs is 6. The predicted molar refractivity (Wildman–Crippen MR) is 242 cm³/mol. The molecular formula is C54H38N4. The molecule has 4 heteroatoms. The lowest BCUT2D eigenvalue weighted by Crippen LogP contribution is -2.02. The van der Waals surface area contributed by atoms with Crippen LogP contribution in [0.2, 0.25) is 0 Å². The molecule has 3 heterocycles. The highest BCUT2D eigenvalue weighted by molar-refractivity contribution is 6.12. The Labute approximate surface area is 337 Å². The fraction of sp³-hybridized carbons (Fsp3) is 0.0370. The first-order chi connectivity index (χ1) is 28.6. The molecule has 11 rings (SSSR count). The molecule has 4 nitrogen and oxygen atoms in total. The summed E-state index contributed by atoms with van der Waals surface area (Å²) in [7, 11) is 0. The number of hydrogen-bond acceptors (Lipinski definition) is 2. The molecule has 3 aromatic heterocycles. The van der Waals surface area contributed by atoms with Crippen LogP contribution in [0.15, 0.2) is 194 Å². The molecule has 0 radical (unpaired) electrons. The number of rotatable bonds is 6. The summed E-state index contributed by atoms with van der Waals surface area (Å²) in [4.78, 5) is 10.4. The van der Waals surface area contributed by atoms with Gasteiger partial charge in [-0.3, -0.25) is 0 Å². The van der Waals surface area contributed by atoms with E-state index in [-0.39, 0.29) is 0 Å². The quantitative estimate of drug-likeness (QED) is 0.170. The highest BCUT2D eigenvalue weighted by Gasteiger charge is 2.22. The van der Waals surface area contributed by atoms with Crippen molar-refractivity contribution in [2.24, 2.45) is 0 Å². The summed E-state index contributed by atoms with van der Waals surface area (Å²) in [6.07, 6.45) is 0. The molecule has 0 spiro atoms. The van der Waals surface area contributed by atoms with Crippen molar-refractivity contribution in [3.8, 4) is 56.4 Å². The summed E-state index contributed by atoms with van der Waals surface area (Å²) in [5.41, 5.74) is 16.4. The van der Waals surface area contributed by atoms with E-state index in [1.54, 1.807) is 0 Å². The van der Waals surface area contributed by atoms with Gasteiger partial charge in [0.2, 0.25) is 0 Å². The smallest absolute Gasteiger partial charge is 0.160 e. The first-order valence-corrected chi connectivity index (χ1v) is 19.8. The fourth-order valence-corrected chi connectivity index (χ4v) is 8.76. The minimum atomic E-state index is 0.696. The zero-order valence-corrected chi connectivity index (χ0v) is 32.3. The average molecular weight is 743 g/mol. The van der Waals surface area contributed by atoms with E-state index in [2.05, 4.69) is 193 Å². The van der Waals surface area contributed by atoms with Crippen LogP contribution in [-0.2, 0) is 0 Å². The van der Waals surface area contributed by atoms with Gasteiger partial charge in [0.25, 0.3) is 0 Å². The Bertz CT molecular complexity index is 3180. The largest absolute Gasteiger partial charge is 0.309 e. The third kappa shape index (κ3) is 5.53. The molecule has 0 fully saturated rings. The summed E-state index contributed by atoms with van der Waals surface area (Å²) in [6, 6.07) is 69.6. The van der Waals surface area contributed by atoms with Crippen molar-refractivity contribution < 1.29 is 0 Å². The van der Waals surface area contributed by atoms with Crippen molar-refractivity contribution >= 4 is 43.6 Å². The highest BCUT2D eigenvalue weighted by atomic mass is 15.0. The fourth-order valence-electron chi connectivity index (χ4n) is 8.76. The molecule has 0 saturated heterocycles. The van der Waals surface area contributed by atoms with Crippen LogP contribution in [0.1, 0.15) is 11.1 Å². The third-order valence-corrected chi connectivity index (χ3v) is 11.5. The van der Waals surface area contributed by atoms with Gasteiger partial charge < -0.3 is 9.13 Å². The van der Waals surface area contributed by atoms with Crippen LogP contribution < -0.4 is 0 Å². The van der Waals surface area contributed by atoms with E-state index in [0.717, 1.165) is 61.6 Å². The number of nitrogens with zero attached hydrogens (tertiary/aromatic N) is 4. The van der Waals surface area contributed by atoms with Crippen molar-refractivity contribution in [1.82, 2.24) is 19.1 Å². The normalized spacial score (nSPS) is 11.6. The first-order valence-electron chi connectivity index (χ1n) is 19.8. The molecule has 274 valence electrons. The van der Waals surface area contributed by atoms with Crippen LogP contribution in [0.5, 0.6) is 0 Å². The monoisotopic (exact) mass is 742 g/mol. The van der Waals surface area contributed by atoms with Crippen molar-refractivity contribution in [1.29, 1.82) is 0 Å². The van der Waals surface area contributed by atoms with Gasteiger partial charge in [-0.25, -0.2) is 9.97 Å². The zero-order chi connectivity index (χ0) is 38.7. The molecule has 0 unspecified atom stereocenters. The Morgan fingerprint density at radius 1 is 0.328 bits per heavy atom. The van der Waals surface area contributed by atoms with E-state index in [4.69, 9.17) is 9.97 Å². The number of aryl methyl sites for hydroxylation is 2. The first kappa shape index (κ1) is 33.8. The summed E-state index contributed by atoms with van der Waals surface area (Å²) >= 11 is 0. The molecule has 8 aromatic carbocycles. The van der Waals surface area contributed by atoms with Gasteiger partial charge in [-0.05, 0) is 68.4 Å². The molecule has 0 amide bonds. The van der Waals surface area contributed by atoms with Crippen molar-refractivity contribution in [2.45, 2.75) is 13.8 Å². The Kier molecular flexibility index (Phi) is 7.90. The van der Waals surface area contributed by atoms with Crippen molar-refractivity contribution in [2.75, 3.05) is 0 Å². The molecule has 0 N–H and O–H groups in total. The Morgan fingerprint density at radius 3 is 1.45 bits per heavy atom. The number of aromatic nitrogens is 4. The summed E-state index contributed by atoms with van der Waals surface area (Å²) < 4.78 is 4.89. The Morgan fingerprint density at radius 2 is 0.810 bits per heavy atom. The SMILES string of the molecule is Cc1ccc2c(c1)c1cc(C)ccc1n2-c1cc(-c2cc(-c3ccccc3)nc(-c3ccccc3)n2)ccc1-c1ccccc1-n1c2ccccc2c2ccccc21. The van der Waals surface area contributed by atoms with Gasteiger partial charge in [0.05, 0.1) is 44.8 Å². The second-order valence-electron chi connectivity index (χ2n) is 15.2. The van der Waals surface area contributed by atoms with Gasteiger partial charge in [-0.15, -0.1) is 0 Å². The van der Waals surface area contributed by atoms with Crippen LogP contribution in [0.4, 0.5) is 0 Å². The molecule has 11 aromatic rings. The van der Waals surface area contributed by atoms with E-state index in [1.807, 2.05) is 24.3 Å². The van der Waals surface area contributed by atoms with Crippen molar-refractivity contribution in [3.63, 3.8) is 0 Å². The maximum Gasteiger partial charge on any atom is 0.160 e. The minimum Gasteiger partial charge on any atom is -0.309 e. The molecule has 0 atom stereocenters. The minimum absolute atomic E-state index is 0.696. The molecule has 0 saturated carbocycles. The Hall–Kier alpha value is -7.56. The van der Waals surface area contributed by atoms with Crippen LogP contribution >= 0.6 is 0 Å². The molecule has 58 heavy (non-hydrogen) atoms. The summed E-state index contributed by atoms with van der Waals surface area (Å²) in [5, 5.41) is 4.96. The van der Waals surface area contributed by atoms with E-state index >= 15 is 0 Å². The zero-order valence-electron chi connectivity index (χ0n) is 32.3. The lowest BCUT2D eigenvalue weighted by atomic mass is 9.97. The number of benzene rings is 8. The van der Waals surface area contributed by atoms with Gasteiger partial charge in [-0.1, -0.05) is 151 Å². The van der Waals surface area contributed by atoms with Gasteiger partial charge in [-0.2, -0.15) is 0 Å². The predicted octanol–water partition coefficient (Wildman–Crippen LogP) is 14.0. The average Bonchev–Trinajstić information content (AvgIpc) is 3.78. The molecule has 0 aliphatic heterocycles.